The predicted octanol–water partition coefficient (Wildman–Crippen LogP) is 3.16. The third-order valence-corrected chi connectivity index (χ3v) is 3.80. The van der Waals surface area contributed by atoms with E-state index in [4.69, 9.17) is 4.42 Å². The van der Waals surface area contributed by atoms with Crippen LogP contribution in [-0.4, -0.2) is 20.9 Å². The van der Waals surface area contributed by atoms with Crippen LogP contribution in [0.3, 0.4) is 0 Å². The molecule has 0 spiro atoms. The molecule has 19 heavy (non-hydrogen) atoms. The molecule has 6 heteroatoms. The van der Waals surface area contributed by atoms with Crippen LogP contribution < -0.4 is 5.32 Å². The number of hydrogen-bond acceptors (Lipinski definition) is 4. The number of alkyl halides is 1. The first-order valence-electron chi connectivity index (χ1n) is 5.94. The molecular weight excluding hydrogens is 310 g/mol. The molecule has 5 nitrogen and oxygen atoms in total. The molecule has 1 heterocycles. The van der Waals surface area contributed by atoms with E-state index < -0.39 is 0 Å². The zero-order chi connectivity index (χ0) is 13.8. The molecule has 1 aromatic heterocycles. The number of carbonyl (C=O) groups excluding carboxylic acids is 1. The number of amides is 1. The molecule has 0 aliphatic rings. The number of halogens is 1. The normalized spacial score (nSPS) is 12.2. The van der Waals surface area contributed by atoms with E-state index in [0.717, 1.165) is 23.2 Å². The van der Waals surface area contributed by atoms with E-state index in [2.05, 4.69) is 31.4 Å². The molecule has 0 radical (unpaired) electrons. The van der Waals surface area contributed by atoms with Gasteiger partial charge in [0.2, 0.25) is 18.2 Å². The number of hydrogen-bond donors (Lipinski definition) is 1. The second-order valence-corrected chi connectivity index (χ2v) is 5.24. The van der Waals surface area contributed by atoms with Crippen molar-refractivity contribution in [3.63, 3.8) is 0 Å². The van der Waals surface area contributed by atoms with Gasteiger partial charge in [0.1, 0.15) is 0 Å². The molecule has 2 aromatic rings. The molecule has 0 fully saturated rings. The van der Waals surface area contributed by atoms with Crippen LogP contribution in [0.2, 0.25) is 0 Å². The second-order valence-electron chi connectivity index (χ2n) is 4.14. The number of nitrogens with zero attached hydrogens (tertiary/aromatic N) is 2. The van der Waals surface area contributed by atoms with Crippen LogP contribution in [0.15, 0.2) is 29.0 Å². The van der Waals surface area contributed by atoms with Crippen LogP contribution >= 0.6 is 15.9 Å². The predicted molar refractivity (Wildman–Crippen MR) is 76.1 cm³/mol. The van der Waals surface area contributed by atoms with Gasteiger partial charge in [-0.2, -0.15) is 0 Å². The molecule has 0 saturated carbocycles. The Morgan fingerprint density at radius 3 is 2.89 bits per heavy atom. The number of anilines is 1. The molecule has 1 N–H and O–H groups in total. The molecule has 1 aromatic carbocycles. The number of rotatable bonds is 4. The maximum Gasteiger partial charge on any atom is 0.247 e. The van der Waals surface area contributed by atoms with Crippen LogP contribution in [0.5, 0.6) is 0 Å². The second kappa shape index (κ2) is 5.97. The first-order valence-corrected chi connectivity index (χ1v) is 6.85. The number of aryl methyl sites for hydroxylation is 1. The standard InChI is InChI=1S/C13H14BrN3O2/c1-3-10(14)12(18)16-11-5-4-9(6-8(11)2)13-17-15-7-19-13/h4-7,10H,3H2,1-2H3,(H,16,18). The Morgan fingerprint density at radius 2 is 2.32 bits per heavy atom. The number of nitrogens with one attached hydrogen (secondary N) is 1. The van der Waals surface area contributed by atoms with E-state index in [-0.39, 0.29) is 10.7 Å². The highest BCUT2D eigenvalue weighted by molar-refractivity contribution is 9.10. The Labute approximate surface area is 119 Å². The first kappa shape index (κ1) is 13.7. The molecule has 0 aliphatic carbocycles. The lowest BCUT2D eigenvalue weighted by molar-refractivity contribution is -0.115. The van der Waals surface area contributed by atoms with E-state index in [1.54, 1.807) is 0 Å². The van der Waals surface area contributed by atoms with Crippen LogP contribution in [0.25, 0.3) is 11.5 Å². The summed E-state index contributed by atoms with van der Waals surface area (Å²) in [6.45, 7) is 3.87. The molecule has 0 bridgehead atoms. The van der Waals surface area contributed by atoms with Gasteiger partial charge < -0.3 is 9.73 Å². The largest absolute Gasteiger partial charge is 0.423 e. The van der Waals surface area contributed by atoms with Crippen molar-refractivity contribution in [3.8, 4) is 11.5 Å². The molecule has 1 unspecified atom stereocenters. The van der Waals surface area contributed by atoms with E-state index in [1.165, 1.54) is 6.39 Å². The fourth-order valence-electron chi connectivity index (χ4n) is 1.63. The van der Waals surface area contributed by atoms with Crippen molar-refractivity contribution in [1.29, 1.82) is 0 Å². The van der Waals surface area contributed by atoms with Gasteiger partial charge in [-0.15, -0.1) is 10.2 Å². The van der Waals surface area contributed by atoms with Gasteiger partial charge in [0, 0.05) is 11.3 Å². The third kappa shape index (κ3) is 3.20. The van der Waals surface area contributed by atoms with E-state index in [0.29, 0.717) is 5.89 Å². The first-order chi connectivity index (χ1) is 9.11. The topological polar surface area (TPSA) is 68.0 Å². The minimum atomic E-state index is -0.178. The Morgan fingerprint density at radius 1 is 1.53 bits per heavy atom. The summed E-state index contributed by atoms with van der Waals surface area (Å²) in [7, 11) is 0. The van der Waals surface area contributed by atoms with Crippen LogP contribution in [-0.2, 0) is 4.79 Å². The van der Waals surface area contributed by atoms with Crippen LogP contribution in [0.1, 0.15) is 18.9 Å². The number of benzene rings is 1. The summed E-state index contributed by atoms with van der Waals surface area (Å²) in [5.41, 5.74) is 2.56. The van der Waals surface area contributed by atoms with Crippen LogP contribution in [0.4, 0.5) is 5.69 Å². The smallest absolute Gasteiger partial charge is 0.247 e. The van der Waals surface area contributed by atoms with Crippen molar-refractivity contribution < 1.29 is 9.21 Å². The van der Waals surface area contributed by atoms with Gasteiger partial charge in [-0.05, 0) is 37.1 Å². The van der Waals surface area contributed by atoms with Crippen molar-refractivity contribution in [2.75, 3.05) is 5.32 Å². The lowest BCUT2D eigenvalue weighted by atomic mass is 10.1. The molecule has 100 valence electrons. The maximum absolute atomic E-state index is 11.8. The van der Waals surface area contributed by atoms with E-state index >= 15 is 0 Å². The zero-order valence-electron chi connectivity index (χ0n) is 10.7. The number of carbonyl (C=O) groups is 1. The van der Waals surface area contributed by atoms with Gasteiger partial charge in [0.15, 0.2) is 0 Å². The van der Waals surface area contributed by atoms with Gasteiger partial charge >= 0.3 is 0 Å². The Hall–Kier alpha value is -1.69. The van der Waals surface area contributed by atoms with Gasteiger partial charge in [0.25, 0.3) is 0 Å². The molecular formula is C13H14BrN3O2. The van der Waals surface area contributed by atoms with Gasteiger partial charge in [-0.25, -0.2) is 0 Å². The average molecular weight is 324 g/mol. The van der Waals surface area contributed by atoms with E-state index in [9.17, 15) is 4.79 Å². The van der Waals surface area contributed by atoms with Crippen molar-refractivity contribution in [1.82, 2.24) is 10.2 Å². The monoisotopic (exact) mass is 323 g/mol. The SMILES string of the molecule is CCC(Br)C(=O)Nc1ccc(-c2nnco2)cc1C. The third-order valence-electron chi connectivity index (χ3n) is 2.73. The highest BCUT2D eigenvalue weighted by atomic mass is 79.9. The van der Waals surface area contributed by atoms with Crippen molar-refractivity contribution in [2.45, 2.75) is 25.1 Å². The summed E-state index contributed by atoms with van der Waals surface area (Å²) in [6, 6.07) is 5.58. The minimum absolute atomic E-state index is 0.0452. The van der Waals surface area contributed by atoms with Crippen molar-refractivity contribution >= 4 is 27.5 Å². The minimum Gasteiger partial charge on any atom is -0.423 e. The van der Waals surface area contributed by atoms with Gasteiger partial charge in [-0.3, -0.25) is 4.79 Å². The fraction of sp³-hybridized carbons (Fsp3) is 0.308. The Balaban J connectivity index is 2.18. The lowest BCUT2D eigenvalue weighted by Gasteiger charge is -2.11. The summed E-state index contributed by atoms with van der Waals surface area (Å²) in [4.78, 5) is 11.6. The summed E-state index contributed by atoms with van der Waals surface area (Å²) in [5, 5.41) is 10.4. The van der Waals surface area contributed by atoms with E-state index in [1.807, 2.05) is 32.0 Å². The summed E-state index contributed by atoms with van der Waals surface area (Å²) in [6.07, 6.45) is 2.03. The zero-order valence-corrected chi connectivity index (χ0v) is 12.3. The molecule has 1 atom stereocenters. The Kier molecular flexibility index (Phi) is 4.31. The fourth-order valence-corrected chi connectivity index (χ4v) is 1.75. The lowest BCUT2D eigenvalue weighted by Crippen LogP contribution is -2.22. The van der Waals surface area contributed by atoms with Gasteiger partial charge in [0.05, 0.1) is 4.83 Å². The molecule has 2 rings (SSSR count). The Bertz CT molecular complexity index is 569. The van der Waals surface area contributed by atoms with Crippen molar-refractivity contribution in [2.24, 2.45) is 0 Å². The van der Waals surface area contributed by atoms with Crippen LogP contribution in [0, 0.1) is 6.92 Å². The van der Waals surface area contributed by atoms with Crippen molar-refractivity contribution in [3.05, 3.63) is 30.2 Å². The molecule has 0 aliphatic heterocycles. The van der Waals surface area contributed by atoms with Gasteiger partial charge in [-0.1, -0.05) is 22.9 Å². The molecule has 1 amide bonds. The average Bonchev–Trinajstić information content (AvgIpc) is 2.94. The molecule has 0 saturated heterocycles. The highest BCUT2D eigenvalue weighted by Gasteiger charge is 2.14. The summed E-state index contributed by atoms with van der Waals surface area (Å²) >= 11 is 3.32. The summed E-state index contributed by atoms with van der Waals surface area (Å²) < 4.78 is 5.13. The number of aromatic nitrogens is 2. The maximum atomic E-state index is 11.8. The highest BCUT2D eigenvalue weighted by Crippen LogP contribution is 2.23. The summed E-state index contributed by atoms with van der Waals surface area (Å²) in [5.74, 6) is 0.420. The quantitative estimate of drug-likeness (QED) is 0.877.